The topological polar surface area (TPSA) is 62.5 Å². The molecule has 0 radical (unpaired) electrons. The van der Waals surface area contributed by atoms with E-state index in [4.69, 9.17) is 15.0 Å². The molecule has 1 aliphatic rings. The van der Waals surface area contributed by atoms with Crippen LogP contribution >= 0.6 is 0 Å². The molecule has 1 heterocycles. The Balaban J connectivity index is 1.12. The van der Waals surface area contributed by atoms with E-state index in [2.05, 4.69) is 164 Å². The molecule has 0 fully saturated rings. The lowest BCUT2D eigenvalue weighted by Gasteiger charge is -2.34. The molecule has 0 saturated heterocycles. The summed E-state index contributed by atoms with van der Waals surface area (Å²) in [6.07, 6.45) is 0. The minimum absolute atomic E-state index is 0.585. The van der Waals surface area contributed by atoms with Gasteiger partial charge in [-0.1, -0.05) is 182 Å². The van der Waals surface area contributed by atoms with Crippen LogP contribution < -0.4 is 0 Å². The molecule has 4 heteroatoms. The third kappa shape index (κ3) is 5.90. The van der Waals surface area contributed by atoms with Gasteiger partial charge in [-0.25, -0.2) is 15.0 Å². The number of hydrogen-bond donors (Lipinski definition) is 0. The predicted molar refractivity (Wildman–Crippen MR) is 229 cm³/mol. The maximum Gasteiger partial charge on any atom is 0.164 e. The largest absolute Gasteiger partial charge is 0.208 e. The van der Waals surface area contributed by atoms with E-state index in [1.165, 1.54) is 22.3 Å². The fourth-order valence-electron chi connectivity index (χ4n) is 8.37. The van der Waals surface area contributed by atoms with Gasteiger partial charge in [-0.15, -0.1) is 0 Å². The van der Waals surface area contributed by atoms with Crippen LogP contribution in [0.2, 0.25) is 0 Å². The van der Waals surface area contributed by atoms with Gasteiger partial charge >= 0.3 is 0 Å². The second-order valence-corrected chi connectivity index (χ2v) is 14.3. The van der Waals surface area contributed by atoms with E-state index in [-0.39, 0.29) is 0 Å². The first kappa shape index (κ1) is 33.8. The summed E-state index contributed by atoms with van der Waals surface area (Å²) in [5, 5.41) is 9.95. The molecule has 0 unspecified atom stereocenters. The van der Waals surface area contributed by atoms with Crippen LogP contribution in [0.15, 0.2) is 206 Å². The minimum atomic E-state index is -0.585. The average Bonchev–Trinajstić information content (AvgIpc) is 3.60. The average molecular weight is 727 g/mol. The monoisotopic (exact) mass is 726 g/mol. The van der Waals surface area contributed by atoms with E-state index in [9.17, 15) is 5.26 Å². The number of fused-ring (bicyclic) bond motifs is 3. The van der Waals surface area contributed by atoms with Crippen LogP contribution in [0.3, 0.4) is 0 Å². The summed E-state index contributed by atoms with van der Waals surface area (Å²) in [6, 6.07) is 74.0. The first-order valence-electron chi connectivity index (χ1n) is 19.1. The Hall–Kier alpha value is -7.74. The molecule has 1 aromatic heterocycles. The third-order valence-corrected chi connectivity index (χ3v) is 11.1. The number of nitrogens with zero attached hydrogens (tertiary/aromatic N) is 4. The Kier molecular flexibility index (Phi) is 8.39. The first-order valence-corrected chi connectivity index (χ1v) is 19.1. The molecule has 0 aliphatic heterocycles. The highest BCUT2D eigenvalue weighted by Crippen LogP contribution is 2.57. The molecule has 0 amide bonds. The van der Waals surface area contributed by atoms with E-state index in [1.54, 1.807) is 0 Å². The van der Waals surface area contributed by atoms with Crippen molar-refractivity contribution in [3.8, 4) is 73.6 Å². The molecule has 8 aromatic carbocycles. The number of nitriles is 1. The lowest BCUT2D eigenvalue weighted by atomic mass is 9.67. The van der Waals surface area contributed by atoms with Crippen molar-refractivity contribution in [2.24, 2.45) is 0 Å². The van der Waals surface area contributed by atoms with E-state index in [0.717, 1.165) is 50.1 Å². The maximum atomic E-state index is 9.95. The van der Waals surface area contributed by atoms with Crippen LogP contribution in [0.1, 0.15) is 27.8 Å². The van der Waals surface area contributed by atoms with E-state index in [1.807, 2.05) is 48.5 Å². The van der Waals surface area contributed by atoms with Crippen LogP contribution in [0.4, 0.5) is 0 Å². The Morgan fingerprint density at radius 1 is 0.333 bits per heavy atom. The van der Waals surface area contributed by atoms with Crippen LogP contribution in [-0.2, 0) is 5.41 Å². The van der Waals surface area contributed by atoms with Crippen LogP contribution in [0.25, 0.3) is 67.5 Å². The van der Waals surface area contributed by atoms with Gasteiger partial charge in [-0.3, -0.25) is 0 Å². The molecule has 266 valence electrons. The number of benzene rings is 8. The molecule has 57 heavy (non-hydrogen) atoms. The van der Waals surface area contributed by atoms with Gasteiger partial charge in [0, 0.05) is 16.7 Å². The van der Waals surface area contributed by atoms with Gasteiger partial charge in [0.2, 0.25) is 0 Å². The van der Waals surface area contributed by atoms with E-state index < -0.39 is 5.41 Å². The summed E-state index contributed by atoms with van der Waals surface area (Å²) in [6.45, 7) is 0. The second-order valence-electron chi connectivity index (χ2n) is 14.3. The lowest BCUT2D eigenvalue weighted by Crippen LogP contribution is -2.28. The zero-order valence-corrected chi connectivity index (χ0v) is 30.9. The van der Waals surface area contributed by atoms with Crippen LogP contribution in [0, 0.1) is 11.3 Å². The Morgan fingerprint density at radius 2 is 0.789 bits per heavy atom. The standard InChI is InChI=1S/C53H34N4/c54-35-36-24-31-48-47(32-36)46-30-29-42(34-49(46)53(48,44-20-9-3-10-21-44)45-22-11-4-12-23-45)41-18-13-19-43(33-41)52-56-50(39-16-7-2-8-17-39)55-51(57-52)40-27-25-38(26-28-40)37-14-5-1-6-15-37/h1-34H. The molecule has 0 saturated carbocycles. The van der Waals surface area contributed by atoms with Crippen molar-refractivity contribution >= 4 is 0 Å². The summed E-state index contributed by atoms with van der Waals surface area (Å²) in [5.41, 5.74) is 14.1. The first-order chi connectivity index (χ1) is 28.2. The molecule has 10 rings (SSSR count). The summed E-state index contributed by atoms with van der Waals surface area (Å²) >= 11 is 0. The summed E-state index contributed by atoms with van der Waals surface area (Å²) in [5.74, 6) is 1.84. The molecule has 1 aliphatic carbocycles. The lowest BCUT2D eigenvalue weighted by molar-refractivity contribution is 0.768. The zero-order chi connectivity index (χ0) is 38.2. The van der Waals surface area contributed by atoms with E-state index in [0.29, 0.717) is 23.0 Å². The minimum Gasteiger partial charge on any atom is -0.208 e. The maximum absolute atomic E-state index is 9.95. The SMILES string of the molecule is N#Cc1ccc2c(c1)-c1ccc(-c3cccc(-c4nc(-c5ccccc5)nc(-c5ccc(-c6ccccc6)cc5)n4)c3)cc1C2(c1ccccc1)c1ccccc1. The van der Waals surface area contributed by atoms with Gasteiger partial charge in [0.1, 0.15) is 0 Å². The van der Waals surface area contributed by atoms with Gasteiger partial charge in [0.05, 0.1) is 17.0 Å². The number of hydrogen-bond acceptors (Lipinski definition) is 4. The Morgan fingerprint density at radius 3 is 1.40 bits per heavy atom. The van der Waals surface area contributed by atoms with Crippen molar-refractivity contribution in [1.29, 1.82) is 5.26 Å². The highest BCUT2D eigenvalue weighted by atomic mass is 15.0. The molecule has 0 atom stereocenters. The zero-order valence-electron chi connectivity index (χ0n) is 30.9. The van der Waals surface area contributed by atoms with Crippen molar-refractivity contribution in [2.45, 2.75) is 5.41 Å². The van der Waals surface area contributed by atoms with Gasteiger partial charge < -0.3 is 0 Å². The third-order valence-electron chi connectivity index (χ3n) is 11.1. The normalized spacial score (nSPS) is 12.3. The molecule has 9 aromatic rings. The second kappa shape index (κ2) is 14.2. The van der Waals surface area contributed by atoms with Crippen molar-refractivity contribution in [3.05, 3.63) is 234 Å². The molecule has 0 bridgehead atoms. The molecular formula is C53H34N4. The smallest absolute Gasteiger partial charge is 0.164 e. The molecule has 0 spiro atoms. The van der Waals surface area contributed by atoms with Gasteiger partial charge in [-0.2, -0.15) is 5.26 Å². The molecule has 0 N–H and O–H groups in total. The molecule has 4 nitrogen and oxygen atoms in total. The van der Waals surface area contributed by atoms with Crippen molar-refractivity contribution in [3.63, 3.8) is 0 Å². The van der Waals surface area contributed by atoms with Crippen LogP contribution in [-0.4, -0.2) is 15.0 Å². The quantitative estimate of drug-likeness (QED) is 0.164. The number of aromatic nitrogens is 3. The summed E-state index contributed by atoms with van der Waals surface area (Å²) < 4.78 is 0. The van der Waals surface area contributed by atoms with Crippen molar-refractivity contribution < 1.29 is 0 Å². The van der Waals surface area contributed by atoms with Gasteiger partial charge in [-0.05, 0) is 79.9 Å². The highest BCUT2D eigenvalue weighted by Gasteiger charge is 2.46. The van der Waals surface area contributed by atoms with Gasteiger partial charge in [0.25, 0.3) is 0 Å². The Bertz CT molecular complexity index is 2900. The predicted octanol–water partition coefficient (Wildman–Crippen LogP) is 12.4. The Labute approximate surface area is 332 Å². The summed E-state index contributed by atoms with van der Waals surface area (Å²) in [4.78, 5) is 15.1. The van der Waals surface area contributed by atoms with Crippen molar-refractivity contribution in [1.82, 2.24) is 15.0 Å². The highest BCUT2D eigenvalue weighted by molar-refractivity contribution is 5.89. The fraction of sp³-hybridized carbons (Fsp3) is 0.0189. The van der Waals surface area contributed by atoms with E-state index >= 15 is 0 Å². The summed E-state index contributed by atoms with van der Waals surface area (Å²) in [7, 11) is 0. The van der Waals surface area contributed by atoms with Crippen molar-refractivity contribution in [2.75, 3.05) is 0 Å². The molecular weight excluding hydrogens is 693 g/mol. The van der Waals surface area contributed by atoms with Gasteiger partial charge in [0.15, 0.2) is 17.5 Å². The number of rotatable bonds is 7. The fourth-order valence-corrected chi connectivity index (χ4v) is 8.37. The van der Waals surface area contributed by atoms with Crippen LogP contribution in [0.5, 0.6) is 0 Å².